The molecule has 0 radical (unpaired) electrons. The first-order valence-electron chi connectivity index (χ1n) is 14.6. The first kappa shape index (κ1) is 33.3. The lowest BCUT2D eigenvalue weighted by molar-refractivity contribution is -0.138. The van der Waals surface area contributed by atoms with E-state index >= 15 is 0 Å². The van der Waals surface area contributed by atoms with Crippen molar-refractivity contribution < 1.29 is 14.3 Å². The average Bonchev–Trinajstić information content (AvgIpc) is 3.39. The molecule has 47 heavy (non-hydrogen) atoms. The molecule has 0 unspecified atom stereocenters. The zero-order chi connectivity index (χ0) is 33.1. The number of esters is 1. The van der Waals surface area contributed by atoms with Crippen LogP contribution in [0.4, 0.5) is 0 Å². The van der Waals surface area contributed by atoms with Crippen LogP contribution in [0.1, 0.15) is 35.2 Å². The third kappa shape index (κ3) is 7.15. The van der Waals surface area contributed by atoms with Crippen molar-refractivity contribution in [3.8, 4) is 5.75 Å². The number of nitrogens with zero attached hydrogens (tertiary/aromatic N) is 2. The van der Waals surface area contributed by atoms with Crippen molar-refractivity contribution in [2.24, 2.45) is 4.99 Å². The topological polar surface area (TPSA) is 69.9 Å². The van der Waals surface area contributed by atoms with Crippen molar-refractivity contribution in [3.63, 3.8) is 0 Å². The summed E-state index contributed by atoms with van der Waals surface area (Å²) in [6.45, 7) is 2.26. The highest BCUT2D eigenvalue weighted by molar-refractivity contribution is 9.10. The van der Waals surface area contributed by atoms with Gasteiger partial charge in [-0.25, -0.2) is 9.79 Å². The maximum Gasteiger partial charge on any atom is 0.338 e. The van der Waals surface area contributed by atoms with Crippen molar-refractivity contribution in [3.05, 3.63) is 153 Å². The van der Waals surface area contributed by atoms with Gasteiger partial charge in [0.25, 0.3) is 5.56 Å². The number of rotatable bonds is 9. The SMILES string of the molecule is CCOC(=O)C1=C(c2ccccc2)N=c2s/c(=C\c3ccc(OCc4ccc(Cl)c(Cl)c4)c(Br)c3)c(=O)n2[C@@H]1c1ccc(SC)cc1. The van der Waals surface area contributed by atoms with Crippen LogP contribution in [0.25, 0.3) is 11.8 Å². The van der Waals surface area contributed by atoms with E-state index < -0.39 is 12.0 Å². The molecule has 6 nitrogen and oxygen atoms in total. The van der Waals surface area contributed by atoms with Crippen LogP contribution in [0.3, 0.4) is 0 Å². The van der Waals surface area contributed by atoms with Crippen LogP contribution in [0.2, 0.25) is 10.0 Å². The molecule has 1 aromatic heterocycles. The predicted molar refractivity (Wildman–Crippen MR) is 194 cm³/mol. The van der Waals surface area contributed by atoms with Gasteiger partial charge in [-0.05, 0) is 88.3 Å². The molecule has 1 aliphatic rings. The van der Waals surface area contributed by atoms with Crippen LogP contribution >= 0.6 is 62.2 Å². The molecule has 5 aromatic rings. The van der Waals surface area contributed by atoms with Crippen LogP contribution in [-0.4, -0.2) is 23.4 Å². The molecule has 0 spiro atoms. The van der Waals surface area contributed by atoms with Gasteiger partial charge in [0.05, 0.1) is 43.0 Å². The molecule has 2 heterocycles. The number of aromatic nitrogens is 1. The van der Waals surface area contributed by atoms with E-state index in [-0.39, 0.29) is 12.2 Å². The van der Waals surface area contributed by atoms with Crippen molar-refractivity contribution in [1.29, 1.82) is 0 Å². The molecule has 238 valence electrons. The van der Waals surface area contributed by atoms with Crippen LogP contribution in [0, 0.1) is 0 Å². The third-order valence-electron chi connectivity index (χ3n) is 7.44. The monoisotopic (exact) mass is 764 g/mol. The number of hydrogen-bond acceptors (Lipinski definition) is 7. The number of thiazole rings is 1. The second-order valence-corrected chi connectivity index (χ2v) is 14.0. The zero-order valence-corrected chi connectivity index (χ0v) is 29.9. The normalized spacial score (nSPS) is 14.5. The quantitative estimate of drug-likeness (QED) is 0.112. The molecule has 0 N–H and O–H groups in total. The van der Waals surface area contributed by atoms with E-state index in [0.29, 0.717) is 43.0 Å². The Morgan fingerprint density at radius 3 is 2.47 bits per heavy atom. The fourth-order valence-electron chi connectivity index (χ4n) is 5.21. The highest BCUT2D eigenvalue weighted by Gasteiger charge is 2.35. The van der Waals surface area contributed by atoms with E-state index in [1.807, 2.05) is 91.2 Å². The molecule has 0 aliphatic carbocycles. The molecule has 6 rings (SSSR count). The highest BCUT2D eigenvalue weighted by Crippen LogP contribution is 2.36. The van der Waals surface area contributed by atoms with Crippen LogP contribution in [-0.2, 0) is 16.1 Å². The van der Waals surface area contributed by atoms with Crippen molar-refractivity contribution in [2.75, 3.05) is 12.9 Å². The molecule has 0 fully saturated rings. The smallest absolute Gasteiger partial charge is 0.338 e. The molecule has 4 aromatic carbocycles. The Morgan fingerprint density at radius 1 is 1.02 bits per heavy atom. The standard InChI is InChI=1S/C36H27BrCl2N2O4S2/c1-3-44-35(43)31-32(23-7-5-4-6-8-23)40-36-41(33(31)24-11-13-25(46-2)14-12-24)34(42)30(47-36)19-21-10-16-29(26(37)17-21)45-20-22-9-15-27(38)28(39)18-22/h4-19,33H,3,20H2,1-2H3/b30-19-/t33-/m1/s1. The highest BCUT2D eigenvalue weighted by atomic mass is 79.9. The Hall–Kier alpha value is -3.60. The summed E-state index contributed by atoms with van der Waals surface area (Å²) in [5.41, 5.74) is 3.77. The summed E-state index contributed by atoms with van der Waals surface area (Å²) in [4.78, 5) is 34.3. The lowest BCUT2D eigenvalue weighted by Gasteiger charge is -2.26. The largest absolute Gasteiger partial charge is 0.488 e. The summed E-state index contributed by atoms with van der Waals surface area (Å²) < 4.78 is 14.4. The van der Waals surface area contributed by atoms with E-state index in [9.17, 15) is 9.59 Å². The predicted octanol–water partition coefficient (Wildman–Crippen LogP) is 8.31. The minimum absolute atomic E-state index is 0.189. The average molecular weight is 767 g/mol. The summed E-state index contributed by atoms with van der Waals surface area (Å²) in [5.74, 6) is 0.124. The third-order valence-corrected chi connectivity index (χ3v) is 10.5. The summed E-state index contributed by atoms with van der Waals surface area (Å²) in [6, 6.07) is 27.6. The van der Waals surface area contributed by atoms with Gasteiger partial charge < -0.3 is 9.47 Å². The minimum atomic E-state index is -0.734. The van der Waals surface area contributed by atoms with E-state index in [1.54, 1.807) is 35.4 Å². The first-order chi connectivity index (χ1) is 22.8. The minimum Gasteiger partial charge on any atom is -0.488 e. The zero-order valence-electron chi connectivity index (χ0n) is 25.2. The van der Waals surface area contributed by atoms with E-state index in [1.165, 1.54) is 11.3 Å². The van der Waals surface area contributed by atoms with Crippen LogP contribution in [0.15, 0.2) is 116 Å². The number of carbonyl (C=O) groups is 1. The van der Waals surface area contributed by atoms with Gasteiger partial charge >= 0.3 is 5.97 Å². The lowest BCUT2D eigenvalue weighted by atomic mass is 9.93. The lowest BCUT2D eigenvalue weighted by Crippen LogP contribution is -2.40. The summed E-state index contributed by atoms with van der Waals surface area (Å²) in [6.07, 6.45) is 3.82. The van der Waals surface area contributed by atoms with Gasteiger partial charge in [0.15, 0.2) is 4.80 Å². The summed E-state index contributed by atoms with van der Waals surface area (Å²) in [7, 11) is 0. The molecule has 1 atom stereocenters. The molecule has 0 saturated carbocycles. The van der Waals surface area contributed by atoms with Crippen LogP contribution < -0.4 is 19.6 Å². The maximum absolute atomic E-state index is 14.2. The molecular weight excluding hydrogens is 739 g/mol. The Bertz CT molecular complexity index is 2180. The van der Waals surface area contributed by atoms with Crippen LogP contribution in [0.5, 0.6) is 5.75 Å². The van der Waals surface area contributed by atoms with Gasteiger partial charge in [0, 0.05) is 10.5 Å². The number of thioether (sulfide) groups is 1. The number of halogens is 3. The molecular formula is C36H27BrCl2N2O4S2. The Labute approximate surface area is 298 Å². The molecule has 0 bridgehead atoms. The Morgan fingerprint density at radius 2 is 1.79 bits per heavy atom. The number of ether oxygens (including phenoxy) is 2. The Balaban J connectivity index is 1.44. The molecule has 0 saturated heterocycles. The van der Waals surface area contributed by atoms with Gasteiger partial charge in [-0.2, -0.15) is 0 Å². The second kappa shape index (κ2) is 14.7. The van der Waals surface area contributed by atoms with Gasteiger partial charge in [0.1, 0.15) is 12.4 Å². The van der Waals surface area contributed by atoms with Gasteiger partial charge in [0.2, 0.25) is 0 Å². The van der Waals surface area contributed by atoms with Gasteiger partial charge in [-0.15, -0.1) is 11.8 Å². The van der Waals surface area contributed by atoms with E-state index in [2.05, 4.69) is 15.9 Å². The second-order valence-electron chi connectivity index (χ2n) is 10.4. The van der Waals surface area contributed by atoms with Gasteiger partial charge in [-0.3, -0.25) is 9.36 Å². The number of carbonyl (C=O) groups excluding carboxylic acids is 1. The molecule has 11 heteroatoms. The summed E-state index contributed by atoms with van der Waals surface area (Å²) in [5, 5.41) is 0.951. The first-order valence-corrected chi connectivity index (χ1v) is 18.1. The molecule has 0 amide bonds. The fourth-order valence-corrected chi connectivity index (χ4v) is 7.45. The summed E-state index contributed by atoms with van der Waals surface area (Å²) >= 11 is 18.7. The van der Waals surface area contributed by atoms with Gasteiger partial charge in [-0.1, -0.05) is 89.1 Å². The maximum atomic E-state index is 14.2. The number of hydrogen-bond donors (Lipinski definition) is 0. The van der Waals surface area contributed by atoms with Crippen molar-refractivity contribution >= 4 is 80.0 Å². The van der Waals surface area contributed by atoms with E-state index in [0.717, 1.165) is 31.6 Å². The number of benzene rings is 4. The number of fused-ring (bicyclic) bond motifs is 1. The van der Waals surface area contributed by atoms with Crippen molar-refractivity contribution in [2.45, 2.75) is 24.5 Å². The Kier molecular flexibility index (Phi) is 10.4. The van der Waals surface area contributed by atoms with Crippen molar-refractivity contribution in [1.82, 2.24) is 4.57 Å². The fraction of sp³-hybridized carbons (Fsp3) is 0.139. The van der Waals surface area contributed by atoms with E-state index in [4.69, 9.17) is 37.7 Å². The molecule has 1 aliphatic heterocycles.